The van der Waals surface area contributed by atoms with Gasteiger partial charge in [0.05, 0.1) is 4.88 Å². The number of fused-ring (bicyclic) bond motifs is 1. The van der Waals surface area contributed by atoms with Crippen molar-refractivity contribution in [2.75, 3.05) is 25.0 Å². The monoisotopic (exact) mass is 287 g/mol. The molecule has 2 aromatic heterocycles. The Morgan fingerprint density at radius 3 is 2.95 bits per heavy atom. The lowest BCUT2D eigenvalue weighted by Gasteiger charge is -2.20. The van der Waals surface area contributed by atoms with E-state index in [0.717, 1.165) is 34.9 Å². The van der Waals surface area contributed by atoms with Crippen molar-refractivity contribution in [3.63, 3.8) is 0 Å². The van der Waals surface area contributed by atoms with Gasteiger partial charge in [0.1, 0.15) is 5.82 Å². The summed E-state index contributed by atoms with van der Waals surface area (Å²) in [5.74, 6) is 1.10. The summed E-state index contributed by atoms with van der Waals surface area (Å²) >= 11 is 1.52. The minimum atomic E-state index is 0.127. The third-order valence-corrected chi connectivity index (χ3v) is 4.64. The van der Waals surface area contributed by atoms with Crippen molar-refractivity contribution in [1.29, 1.82) is 0 Å². The van der Waals surface area contributed by atoms with Gasteiger partial charge in [-0.15, -0.1) is 11.3 Å². The lowest BCUT2D eigenvalue weighted by Crippen LogP contribution is -2.34. The van der Waals surface area contributed by atoms with Crippen LogP contribution in [-0.4, -0.2) is 35.9 Å². The molecule has 0 saturated carbocycles. The third-order valence-electron chi connectivity index (χ3n) is 3.64. The number of hydrogen-bond donors (Lipinski definition) is 0. The molecule has 5 heteroatoms. The van der Waals surface area contributed by atoms with Crippen LogP contribution in [0.15, 0.2) is 29.8 Å². The first-order chi connectivity index (χ1) is 9.66. The largest absolute Gasteiger partial charge is 0.358 e. The summed E-state index contributed by atoms with van der Waals surface area (Å²) in [5, 5.41) is 1.97. The molecule has 0 bridgehead atoms. The van der Waals surface area contributed by atoms with E-state index >= 15 is 0 Å². The van der Waals surface area contributed by atoms with Crippen molar-refractivity contribution >= 4 is 23.1 Å². The predicted molar refractivity (Wildman–Crippen MR) is 81.3 cm³/mol. The summed E-state index contributed by atoms with van der Waals surface area (Å²) in [6, 6.07) is 5.97. The van der Waals surface area contributed by atoms with Crippen LogP contribution in [0.2, 0.25) is 0 Å². The normalized spacial score (nSPS) is 14.9. The fourth-order valence-electron chi connectivity index (χ4n) is 2.47. The number of nitrogens with zero attached hydrogens (tertiary/aromatic N) is 3. The van der Waals surface area contributed by atoms with Crippen molar-refractivity contribution < 1.29 is 4.79 Å². The van der Waals surface area contributed by atoms with E-state index in [1.165, 1.54) is 11.3 Å². The lowest BCUT2D eigenvalue weighted by molar-refractivity contribution is 0.0756. The molecule has 1 amide bonds. The molecule has 3 rings (SSSR count). The quantitative estimate of drug-likeness (QED) is 0.809. The van der Waals surface area contributed by atoms with E-state index in [-0.39, 0.29) is 5.91 Å². The van der Waals surface area contributed by atoms with Gasteiger partial charge in [0, 0.05) is 38.4 Å². The van der Waals surface area contributed by atoms with Crippen LogP contribution in [-0.2, 0) is 6.54 Å². The van der Waals surface area contributed by atoms with Gasteiger partial charge in [0.25, 0.3) is 5.91 Å². The minimum Gasteiger partial charge on any atom is -0.358 e. The molecule has 0 aliphatic carbocycles. The molecule has 1 aliphatic heterocycles. The molecule has 1 aliphatic rings. The Labute approximate surface area is 122 Å². The van der Waals surface area contributed by atoms with Gasteiger partial charge in [-0.3, -0.25) is 4.79 Å². The molecule has 20 heavy (non-hydrogen) atoms. The average molecular weight is 287 g/mol. The molecule has 0 atom stereocenters. The van der Waals surface area contributed by atoms with Crippen molar-refractivity contribution in [2.24, 2.45) is 0 Å². The van der Waals surface area contributed by atoms with Crippen LogP contribution in [0, 0.1) is 6.92 Å². The Bertz CT molecular complexity index is 638. The van der Waals surface area contributed by atoms with Gasteiger partial charge >= 0.3 is 0 Å². The van der Waals surface area contributed by atoms with Crippen LogP contribution in [0.1, 0.15) is 20.8 Å². The maximum atomic E-state index is 12.6. The molecule has 4 nitrogen and oxygen atoms in total. The summed E-state index contributed by atoms with van der Waals surface area (Å²) in [5.41, 5.74) is 2.17. The van der Waals surface area contributed by atoms with E-state index in [1.807, 2.05) is 42.5 Å². The number of pyridine rings is 1. The van der Waals surface area contributed by atoms with Crippen LogP contribution >= 0.6 is 11.3 Å². The standard InChI is InChI=1S/C15H17N3OS/c1-11-5-9-20-13(11)15(19)18-8-7-17(2)14-12(10-18)4-3-6-16-14/h3-6,9H,7-8,10H2,1-2H3. The molecule has 0 radical (unpaired) electrons. The molecule has 0 unspecified atom stereocenters. The van der Waals surface area contributed by atoms with Crippen LogP contribution in [0.4, 0.5) is 5.82 Å². The number of carbonyl (C=O) groups excluding carboxylic acids is 1. The Kier molecular flexibility index (Phi) is 3.44. The molecule has 104 valence electrons. The number of likely N-dealkylation sites (N-methyl/N-ethyl adjacent to an activating group) is 1. The summed E-state index contributed by atoms with van der Waals surface area (Å²) in [4.78, 5) is 22.0. The topological polar surface area (TPSA) is 36.4 Å². The van der Waals surface area contributed by atoms with Crippen molar-refractivity contribution in [3.8, 4) is 0 Å². The highest BCUT2D eigenvalue weighted by Crippen LogP contribution is 2.24. The first-order valence-corrected chi connectivity index (χ1v) is 7.53. The molecule has 0 aromatic carbocycles. The molecule has 0 fully saturated rings. The second-order valence-electron chi connectivity index (χ2n) is 5.07. The van der Waals surface area contributed by atoms with Crippen molar-refractivity contribution in [2.45, 2.75) is 13.5 Å². The first-order valence-electron chi connectivity index (χ1n) is 6.65. The zero-order valence-corrected chi connectivity index (χ0v) is 12.5. The summed E-state index contributed by atoms with van der Waals surface area (Å²) in [6.45, 7) is 4.15. The van der Waals surface area contributed by atoms with Gasteiger partial charge in [-0.2, -0.15) is 0 Å². The van der Waals surface area contributed by atoms with Crippen LogP contribution in [0.5, 0.6) is 0 Å². The van der Waals surface area contributed by atoms with Gasteiger partial charge < -0.3 is 9.80 Å². The van der Waals surface area contributed by atoms with Gasteiger partial charge in [0.15, 0.2) is 0 Å². The van der Waals surface area contributed by atoms with E-state index in [1.54, 1.807) is 6.20 Å². The average Bonchev–Trinajstić information content (AvgIpc) is 2.81. The smallest absolute Gasteiger partial charge is 0.264 e. The van der Waals surface area contributed by atoms with Gasteiger partial charge in [-0.05, 0) is 30.0 Å². The van der Waals surface area contributed by atoms with Gasteiger partial charge in [0.2, 0.25) is 0 Å². The van der Waals surface area contributed by atoms with E-state index < -0.39 is 0 Å². The highest BCUT2D eigenvalue weighted by Gasteiger charge is 2.24. The van der Waals surface area contributed by atoms with E-state index in [0.29, 0.717) is 6.54 Å². The van der Waals surface area contributed by atoms with Crippen LogP contribution < -0.4 is 4.90 Å². The number of rotatable bonds is 1. The van der Waals surface area contributed by atoms with E-state index in [9.17, 15) is 4.79 Å². The molecular formula is C15H17N3OS. The molecular weight excluding hydrogens is 270 g/mol. The molecule has 0 saturated heterocycles. The number of carbonyl (C=O) groups is 1. The second-order valence-corrected chi connectivity index (χ2v) is 5.98. The number of thiophene rings is 1. The van der Waals surface area contributed by atoms with Gasteiger partial charge in [-0.1, -0.05) is 6.07 Å². The molecule has 0 N–H and O–H groups in total. The van der Waals surface area contributed by atoms with Crippen LogP contribution in [0.3, 0.4) is 0 Å². The van der Waals surface area contributed by atoms with E-state index in [4.69, 9.17) is 0 Å². The maximum absolute atomic E-state index is 12.6. The second kappa shape index (κ2) is 5.25. The molecule has 2 aromatic rings. The maximum Gasteiger partial charge on any atom is 0.264 e. The number of aryl methyl sites for hydroxylation is 1. The van der Waals surface area contributed by atoms with Crippen molar-refractivity contribution in [1.82, 2.24) is 9.88 Å². The van der Waals surface area contributed by atoms with Crippen molar-refractivity contribution in [3.05, 3.63) is 45.8 Å². The Balaban J connectivity index is 1.90. The Hall–Kier alpha value is -1.88. The first kappa shape index (κ1) is 13.1. The van der Waals surface area contributed by atoms with Gasteiger partial charge in [-0.25, -0.2) is 4.98 Å². The highest BCUT2D eigenvalue weighted by atomic mass is 32.1. The summed E-state index contributed by atoms with van der Waals surface area (Å²) < 4.78 is 0. The highest BCUT2D eigenvalue weighted by molar-refractivity contribution is 7.12. The molecule has 0 spiro atoms. The number of anilines is 1. The summed E-state index contributed by atoms with van der Waals surface area (Å²) in [6.07, 6.45) is 1.80. The Morgan fingerprint density at radius 1 is 1.35 bits per heavy atom. The number of hydrogen-bond acceptors (Lipinski definition) is 4. The SMILES string of the molecule is Cc1ccsc1C(=O)N1CCN(C)c2ncccc2C1. The van der Waals surface area contributed by atoms with E-state index in [2.05, 4.69) is 9.88 Å². The fraction of sp³-hybridized carbons (Fsp3) is 0.333. The third kappa shape index (κ3) is 2.29. The van der Waals surface area contributed by atoms with Crippen LogP contribution in [0.25, 0.3) is 0 Å². The minimum absolute atomic E-state index is 0.127. The number of amides is 1. The number of aromatic nitrogens is 1. The lowest BCUT2D eigenvalue weighted by atomic mass is 10.2. The molecule has 3 heterocycles. The zero-order valence-electron chi connectivity index (χ0n) is 11.7. The zero-order chi connectivity index (χ0) is 14.1. The Morgan fingerprint density at radius 2 is 2.20 bits per heavy atom. The predicted octanol–water partition coefficient (Wildman–Crippen LogP) is 2.54. The fourth-order valence-corrected chi connectivity index (χ4v) is 3.36. The summed E-state index contributed by atoms with van der Waals surface area (Å²) in [7, 11) is 2.02.